The van der Waals surface area contributed by atoms with Gasteiger partial charge in [0.25, 0.3) is 0 Å². The van der Waals surface area contributed by atoms with Crippen LogP contribution in [0, 0.1) is 0 Å². The van der Waals surface area contributed by atoms with Gasteiger partial charge in [-0.2, -0.15) is 0 Å². The number of thiophene rings is 1. The van der Waals surface area contributed by atoms with Crippen LogP contribution in [-0.2, 0) is 27.3 Å². The predicted octanol–water partition coefficient (Wildman–Crippen LogP) is 1.07. The Labute approximate surface area is 143 Å². The number of amides is 2. The Morgan fingerprint density at radius 2 is 2.33 bits per heavy atom. The Balaban J connectivity index is 1.56. The molecule has 0 aliphatic carbocycles. The molecule has 1 aliphatic heterocycles. The third-order valence-corrected chi connectivity index (χ3v) is 4.77. The van der Waals surface area contributed by atoms with Crippen molar-refractivity contribution >= 4 is 29.1 Å². The van der Waals surface area contributed by atoms with Crippen molar-refractivity contribution < 1.29 is 14.3 Å². The van der Waals surface area contributed by atoms with E-state index >= 15 is 0 Å². The highest BCUT2D eigenvalue weighted by Crippen LogP contribution is 2.33. The highest BCUT2D eigenvalue weighted by atomic mass is 32.1. The minimum Gasteiger partial charge on any atom is -0.372 e. The normalized spacial score (nSPS) is 16.5. The monoisotopic (exact) mass is 349 g/mol. The summed E-state index contributed by atoms with van der Waals surface area (Å²) in [5.74, 6) is -0.120. The van der Waals surface area contributed by atoms with E-state index in [4.69, 9.17) is 4.74 Å². The molecule has 8 nitrogen and oxygen atoms in total. The number of rotatable bonds is 5. The highest BCUT2D eigenvalue weighted by molar-refractivity contribution is 7.10. The van der Waals surface area contributed by atoms with E-state index in [0.717, 1.165) is 11.3 Å². The van der Waals surface area contributed by atoms with Crippen molar-refractivity contribution in [3.63, 3.8) is 0 Å². The second-order valence-corrected chi connectivity index (χ2v) is 6.67. The van der Waals surface area contributed by atoms with Gasteiger partial charge in [-0.25, -0.2) is 9.67 Å². The number of ether oxygens (including phenoxy) is 1. The van der Waals surface area contributed by atoms with E-state index in [-0.39, 0.29) is 36.8 Å². The van der Waals surface area contributed by atoms with Crippen molar-refractivity contribution in [3.05, 3.63) is 28.2 Å². The molecule has 2 amide bonds. The van der Waals surface area contributed by atoms with E-state index in [1.54, 1.807) is 25.4 Å². The van der Waals surface area contributed by atoms with Crippen LogP contribution in [0.3, 0.4) is 0 Å². The van der Waals surface area contributed by atoms with Gasteiger partial charge in [-0.15, -0.1) is 16.4 Å². The summed E-state index contributed by atoms with van der Waals surface area (Å²) in [6.07, 6.45) is 2.32. The lowest BCUT2D eigenvalue weighted by Crippen LogP contribution is -2.26. The Hall–Kier alpha value is -2.26. The van der Waals surface area contributed by atoms with Gasteiger partial charge in [0, 0.05) is 19.0 Å². The Kier molecular flexibility index (Phi) is 4.91. The summed E-state index contributed by atoms with van der Waals surface area (Å²) in [5, 5.41) is 8.76. The number of anilines is 1. The van der Waals surface area contributed by atoms with E-state index in [1.165, 1.54) is 21.5 Å². The van der Waals surface area contributed by atoms with Crippen molar-refractivity contribution in [3.8, 4) is 0 Å². The zero-order chi connectivity index (χ0) is 17.1. The Bertz CT molecular complexity index is 739. The van der Waals surface area contributed by atoms with Gasteiger partial charge >= 0.3 is 0 Å². The predicted molar refractivity (Wildman–Crippen MR) is 88.7 cm³/mol. The maximum absolute atomic E-state index is 12.2. The molecule has 24 heavy (non-hydrogen) atoms. The average Bonchev–Trinajstić information content (AvgIpc) is 3.17. The van der Waals surface area contributed by atoms with Crippen LogP contribution < -0.4 is 5.32 Å². The van der Waals surface area contributed by atoms with Gasteiger partial charge in [0.15, 0.2) is 0 Å². The lowest BCUT2D eigenvalue weighted by molar-refractivity contribution is -0.129. The van der Waals surface area contributed by atoms with Crippen LogP contribution in [0.25, 0.3) is 0 Å². The fraction of sp³-hybridized carbons (Fsp3) is 0.467. The minimum atomic E-state index is -0.217. The molecule has 2 aromatic rings. The van der Waals surface area contributed by atoms with Gasteiger partial charge < -0.3 is 9.64 Å². The second-order valence-electron chi connectivity index (χ2n) is 5.73. The summed E-state index contributed by atoms with van der Waals surface area (Å²) in [7, 11) is 3.34. The lowest BCUT2D eigenvalue weighted by atomic mass is 10.1. The Morgan fingerprint density at radius 3 is 3.12 bits per heavy atom. The summed E-state index contributed by atoms with van der Waals surface area (Å²) in [4.78, 5) is 30.4. The van der Waals surface area contributed by atoms with Gasteiger partial charge in [0.1, 0.15) is 19.0 Å². The van der Waals surface area contributed by atoms with E-state index in [2.05, 4.69) is 21.5 Å². The van der Waals surface area contributed by atoms with Crippen LogP contribution in [0.4, 0.5) is 5.95 Å². The molecular formula is C15H19N5O3S. The fourth-order valence-corrected chi connectivity index (χ4v) is 3.43. The maximum atomic E-state index is 12.2. The van der Waals surface area contributed by atoms with Gasteiger partial charge in [0.2, 0.25) is 17.8 Å². The minimum absolute atomic E-state index is 0.0835. The van der Waals surface area contributed by atoms with E-state index in [1.807, 2.05) is 5.38 Å². The van der Waals surface area contributed by atoms with Crippen molar-refractivity contribution in [2.75, 3.05) is 26.0 Å². The molecule has 3 rings (SSSR count). The topological polar surface area (TPSA) is 89.4 Å². The molecule has 0 unspecified atom stereocenters. The van der Waals surface area contributed by atoms with Crippen molar-refractivity contribution in [1.82, 2.24) is 19.7 Å². The first-order valence-electron chi connectivity index (χ1n) is 7.60. The molecule has 128 valence electrons. The number of nitrogens with one attached hydrogen (secondary N) is 1. The summed E-state index contributed by atoms with van der Waals surface area (Å²) < 4.78 is 7.10. The Morgan fingerprint density at radius 1 is 1.50 bits per heavy atom. The average molecular weight is 349 g/mol. The molecule has 0 saturated carbocycles. The van der Waals surface area contributed by atoms with Crippen molar-refractivity contribution in [2.24, 2.45) is 0 Å². The number of carbonyl (C=O) groups excluding carboxylic acids is 2. The van der Waals surface area contributed by atoms with Crippen LogP contribution in [0.5, 0.6) is 0 Å². The maximum Gasteiger partial charge on any atom is 0.248 e. The molecule has 1 aliphatic rings. The van der Waals surface area contributed by atoms with E-state index in [9.17, 15) is 9.59 Å². The molecule has 0 aromatic carbocycles. The molecular weight excluding hydrogens is 330 g/mol. The summed E-state index contributed by atoms with van der Waals surface area (Å²) >= 11 is 1.61. The second kappa shape index (κ2) is 7.10. The van der Waals surface area contributed by atoms with Crippen molar-refractivity contribution in [1.29, 1.82) is 0 Å². The van der Waals surface area contributed by atoms with E-state index in [0.29, 0.717) is 6.61 Å². The van der Waals surface area contributed by atoms with Crippen LogP contribution in [0.2, 0.25) is 0 Å². The molecule has 1 N–H and O–H groups in total. The number of carbonyl (C=O) groups is 2. The molecule has 0 radical (unpaired) electrons. The van der Waals surface area contributed by atoms with Gasteiger partial charge in [0.05, 0.1) is 13.0 Å². The van der Waals surface area contributed by atoms with Gasteiger partial charge in [-0.3, -0.25) is 14.9 Å². The molecule has 0 bridgehead atoms. The summed E-state index contributed by atoms with van der Waals surface area (Å²) in [6.45, 7) is 0.710. The number of likely N-dealkylation sites (N-methyl/N-ethyl adjacent to an activating group) is 1. The third kappa shape index (κ3) is 3.80. The quantitative estimate of drug-likeness (QED) is 0.872. The van der Waals surface area contributed by atoms with Gasteiger partial charge in [-0.05, 0) is 23.4 Å². The fourth-order valence-electron chi connectivity index (χ4n) is 2.43. The van der Waals surface area contributed by atoms with Gasteiger partial charge in [-0.1, -0.05) is 0 Å². The smallest absolute Gasteiger partial charge is 0.248 e. The SMILES string of the molecule is CN(C)C(=O)Cn1cnc(NC(=O)C[C@@H]2OCCc3ccsc32)n1. The molecule has 9 heteroatoms. The number of fused-ring (bicyclic) bond motifs is 1. The van der Waals surface area contributed by atoms with Crippen LogP contribution in [0.1, 0.15) is 23.0 Å². The third-order valence-electron chi connectivity index (χ3n) is 3.72. The summed E-state index contributed by atoms with van der Waals surface area (Å²) in [6, 6.07) is 2.08. The number of hydrogen-bond acceptors (Lipinski definition) is 6. The molecule has 3 heterocycles. The van der Waals surface area contributed by atoms with Crippen molar-refractivity contribution in [2.45, 2.75) is 25.5 Å². The first-order chi connectivity index (χ1) is 11.5. The lowest BCUT2D eigenvalue weighted by Gasteiger charge is -2.22. The standard InChI is InChI=1S/C15H19N5O3S/c1-19(2)13(22)8-20-9-16-15(18-20)17-12(21)7-11-14-10(3-5-23-11)4-6-24-14/h4,6,9,11H,3,5,7-8H2,1-2H3,(H,17,18,21)/t11-/m0/s1. The number of hydrogen-bond donors (Lipinski definition) is 1. The number of nitrogens with zero attached hydrogens (tertiary/aromatic N) is 4. The van der Waals surface area contributed by atoms with E-state index < -0.39 is 0 Å². The molecule has 1 atom stereocenters. The first-order valence-corrected chi connectivity index (χ1v) is 8.48. The number of aromatic nitrogens is 3. The van der Waals surface area contributed by atoms with Crippen LogP contribution in [0.15, 0.2) is 17.8 Å². The zero-order valence-corrected chi connectivity index (χ0v) is 14.4. The molecule has 0 saturated heterocycles. The first kappa shape index (κ1) is 16.6. The molecule has 0 fully saturated rings. The highest BCUT2D eigenvalue weighted by Gasteiger charge is 2.25. The molecule has 0 spiro atoms. The largest absolute Gasteiger partial charge is 0.372 e. The van der Waals surface area contributed by atoms with Crippen LogP contribution in [-0.4, -0.2) is 52.2 Å². The zero-order valence-electron chi connectivity index (χ0n) is 13.6. The van der Waals surface area contributed by atoms with Crippen LogP contribution >= 0.6 is 11.3 Å². The molecule has 2 aromatic heterocycles. The summed E-state index contributed by atoms with van der Waals surface area (Å²) in [5.41, 5.74) is 1.26.